The predicted molar refractivity (Wildman–Crippen MR) is 59.2 cm³/mol. The first-order chi connectivity index (χ1) is 6.85. The highest BCUT2D eigenvalue weighted by Gasteiger charge is 2.16. The van der Waals surface area contributed by atoms with E-state index in [1.807, 2.05) is 0 Å². The second kappa shape index (κ2) is 3.91. The summed E-state index contributed by atoms with van der Waals surface area (Å²) in [7, 11) is 0. The summed E-state index contributed by atoms with van der Waals surface area (Å²) in [6.45, 7) is 7.25. The van der Waals surface area contributed by atoms with Crippen LogP contribution in [0.4, 0.5) is 5.69 Å². The van der Waals surface area contributed by atoms with Crippen LogP contribution in [0, 0.1) is 0 Å². The van der Waals surface area contributed by atoms with Crippen LogP contribution in [-0.2, 0) is 6.42 Å². The first-order valence-electron chi connectivity index (χ1n) is 5.35. The van der Waals surface area contributed by atoms with Crippen molar-refractivity contribution in [2.24, 2.45) is 0 Å². The number of benzene rings is 1. The number of rotatable bonds is 2. The van der Waals surface area contributed by atoms with Crippen molar-refractivity contribution in [3.05, 3.63) is 23.8 Å². The molecule has 1 aromatic carbocycles. The fourth-order valence-electron chi connectivity index (χ4n) is 1.87. The van der Waals surface area contributed by atoms with Crippen LogP contribution in [0.5, 0.6) is 5.75 Å². The van der Waals surface area contributed by atoms with Crippen LogP contribution in [0.2, 0.25) is 0 Å². The van der Waals surface area contributed by atoms with Crippen LogP contribution in [0.1, 0.15) is 19.4 Å². The van der Waals surface area contributed by atoms with Crippen molar-refractivity contribution in [3.63, 3.8) is 0 Å². The van der Waals surface area contributed by atoms with Crippen molar-refractivity contribution in [3.8, 4) is 5.75 Å². The van der Waals surface area contributed by atoms with E-state index in [0.717, 1.165) is 31.9 Å². The fourth-order valence-corrected chi connectivity index (χ4v) is 1.87. The van der Waals surface area contributed by atoms with Gasteiger partial charge < -0.3 is 9.64 Å². The maximum atomic E-state index is 5.61. The van der Waals surface area contributed by atoms with E-state index in [1.54, 1.807) is 0 Å². The summed E-state index contributed by atoms with van der Waals surface area (Å²) in [6.07, 6.45) is 1.09. The summed E-state index contributed by atoms with van der Waals surface area (Å²) < 4.78 is 5.61. The SMILES string of the molecule is CCc1ccc2c(c1)N(CC)CCO2. The van der Waals surface area contributed by atoms with Gasteiger partial charge in [0.05, 0.1) is 12.2 Å². The molecule has 2 heteroatoms. The molecule has 0 saturated heterocycles. The topological polar surface area (TPSA) is 12.5 Å². The smallest absolute Gasteiger partial charge is 0.142 e. The largest absolute Gasteiger partial charge is 0.490 e. The number of aryl methyl sites for hydroxylation is 1. The van der Waals surface area contributed by atoms with Crippen molar-refractivity contribution in [2.75, 3.05) is 24.6 Å². The summed E-state index contributed by atoms with van der Waals surface area (Å²) in [6, 6.07) is 6.49. The predicted octanol–water partition coefficient (Wildman–Crippen LogP) is 2.47. The average Bonchev–Trinajstić information content (AvgIpc) is 2.27. The van der Waals surface area contributed by atoms with Gasteiger partial charge in [0.1, 0.15) is 12.4 Å². The van der Waals surface area contributed by atoms with Gasteiger partial charge in [0.15, 0.2) is 0 Å². The lowest BCUT2D eigenvalue weighted by Gasteiger charge is -2.30. The number of ether oxygens (including phenoxy) is 1. The van der Waals surface area contributed by atoms with E-state index in [1.165, 1.54) is 11.3 Å². The van der Waals surface area contributed by atoms with Gasteiger partial charge in [0.25, 0.3) is 0 Å². The molecule has 1 aliphatic rings. The van der Waals surface area contributed by atoms with Gasteiger partial charge in [0.2, 0.25) is 0 Å². The van der Waals surface area contributed by atoms with E-state index in [-0.39, 0.29) is 0 Å². The molecule has 1 heterocycles. The third-order valence-corrected chi connectivity index (χ3v) is 2.77. The van der Waals surface area contributed by atoms with Crippen molar-refractivity contribution in [1.82, 2.24) is 0 Å². The lowest BCUT2D eigenvalue weighted by molar-refractivity contribution is 0.308. The Morgan fingerprint density at radius 3 is 2.93 bits per heavy atom. The zero-order valence-electron chi connectivity index (χ0n) is 8.92. The second-order valence-corrected chi connectivity index (χ2v) is 3.58. The molecule has 0 bridgehead atoms. The summed E-state index contributed by atoms with van der Waals surface area (Å²) in [5, 5.41) is 0. The Morgan fingerprint density at radius 2 is 2.21 bits per heavy atom. The third-order valence-electron chi connectivity index (χ3n) is 2.77. The maximum Gasteiger partial charge on any atom is 0.142 e. The van der Waals surface area contributed by atoms with E-state index >= 15 is 0 Å². The Hall–Kier alpha value is -1.18. The van der Waals surface area contributed by atoms with Crippen LogP contribution in [-0.4, -0.2) is 19.7 Å². The van der Waals surface area contributed by atoms with E-state index in [4.69, 9.17) is 4.74 Å². The third kappa shape index (κ3) is 1.57. The minimum Gasteiger partial charge on any atom is -0.490 e. The molecule has 14 heavy (non-hydrogen) atoms. The Balaban J connectivity index is 2.38. The molecule has 1 aliphatic heterocycles. The van der Waals surface area contributed by atoms with Gasteiger partial charge in [-0.1, -0.05) is 13.0 Å². The molecule has 2 rings (SSSR count). The van der Waals surface area contributed by atoms with Crippen molar-refractivity contribution in [1.29, 1.82) is 0 Å². The van der Waals surface area contributed by atoms with Crippen LogP contribution in [0.15, 0.2) is 18.2 Å². The first kappa shape index (κ1) is 9.38. The molecule has 0 unspecified atom stereocenters. The van der Waals surface area contributed by atoms with Crippen LogP contribution < -0.4 is 9.64 Å². The van der Waals surface area contributed by atoms with Crippen LogP contribution in [0.25, 0.3) is 0 Å². The molecule has 0 amide bonds. The molecule has 0 atom stereocenters. The van der Waals surface area contributed by atoms with Gasteiger partial charge in [-0.15, -0.1) is 0 Å². The maximum absolute atomic E-state index is 5.61. The van der Waals surface area contributed by atoms with E-state index in [0.29, 0.717) is 0 Å². The Bertz CT molecular complexity index is 322. The number of hydrogen-bond donors (Lipinski definition) is 0. The molecule has 0 radical (unpaired) electrons. The second-order valence-electron chi connectivity index (χ2n) is 3.58. The molecule has 0 aromatic heterocycles. The molecular formula is C12H17NO. The van der Waals surface area contributed by atoms with Crippen molar-refractivity contribution in [2.45, 2.75) is 20.3 Å². The monoisotopic (exact) mass is 191 g/mol. The van der Waals surface area contributed by atoms with Gasteiger partial charge in [-0.3, -0.25) is 0 Å². The summed E-state index contributed by atoms with van der Waals surface area (Å²) in [5.74, 6) is 1.04. The van der Waals surface area contributed by atoms with Gasteiger partial charge in [-0.25, -0.2) is 0 Å². The number of fused-ring (bicyclic) bond motifs is 1. The van der Waals surface area contributed by atoms with E-state index in [2.05, 4.69) is 36.9 Å². The Kier molecular flexibility index (Phi) is 2.62. The Labute approximate surface area is 85.5 Å². The zero-order valence-corrected chi connectivity index (χ0v) is 8.92. The number of anilines is 1. The Morgan fingerprint density at radius 1 is 1.36 bits per heavy atom. The molecule has 76 valence electrons. The lowest BCUT2D eigenvalue weighted by atomic mass is 10.1. The summed E-state index contributed by atoms with van der Waals surface area (Å²) >= 11 is 0. The minimum absolute atomic E-state index is 0.812. The standard InChI is InChI=1S/C12H17NO/c1-3-10-5-6-12-11(9-10)13(4-2)7-8-14-12/h5-6,9H,3-4,7-8H2,1-2H3. The molecule has 2 nitrogen and oxygen atoms in total. The van der Waals surface area contributed by atoms with Crippen molar-refractivity contribution < 1.29 is 4.74 Å². The zero-order chi connectivity index (χ0) is 9.97. The summed E-state index contributed by atoms with van der Waals surface area (Å²) in [5.41, 5.74) is 2.64. The van der Waals surface area contributed by atoms with Gasteiger partial charge in [-0.2, -0.15) is 0 Å². The number of hydrogen-bond acceptors (Lipinski definition) is 2. The van der Waals surface area contributed by atoms with E-state index in [9.17, 15) is 0 Å². The lowest BCUT2D eigenvalue weighted by Crippen LogP contribution is -2.32. The fraction of sp³-hybridized carbons (Fsp3) is 0.500. The quantitative estimate of drug-likeness (QED) is 0.712. The van der Waals surface area contributed by atoms with Crippen LogP contribution >= 0.6 is 0 Å². The average molecular weight is 191 g/mol. The molecule has 0 spiro atoms. The van der Waals surface area contributed by atoms with Gasteiger partial charge >= 0.3 is 0 Å². The molecule has 0 fully saturated rings. The molecular weight excluding hydrogens is 174 g/mol. The van der Waals surface area contributed by atoms with Crippen LogP contribution in [0.3, 0.4) is 0 Å². The molecule has 1 aromatic rings. The highest BCUT2D eigenvalue weighted by molar-refractivity contribution is 5.61. The number of nitrogens with zero attached hydrogens (tertiary/aromatic N) is 1. The molecule has 0 N–H and O–H groups in total. The normalized spacial score (nSPS) is 14.9. The van der Waals surface area contributed by atoms with Gasteiger partial charge in [-0.05, 0) is 31.0 Å². The highest BCUT2D eigenvalue weighted by Crippen LogP contribution is 2.32. The number of likely N-dealkylation sites (N-methyl/N-ethyl adjacent to an activating group) is 1. The highest BCUT2D eigenvalue weighted by atomic mass is 16.5. The first-order valence-corrected chi connectivity index (χ1v) is 5.35. The van der Waals surface area contributed by atoms with Crippen molar-refractivity contribution >= 4 is 5.69 Å². The molecule has 0 saturated carbocycles. The van der Waals surface area contributed by atoms with Gasteiger partial charge in [0, 0.05) is 6.54 Å². The molecule has 0 aliphatic carbocycles. The van der Waals surface area contributed by atoms with E-state index < -0.39 is 0 Å². The summed E-state index contributed by atoms with van der Waals surface area (Å²) in [4.78, 5) is 2.37. The minimum atomic E-state index is 0.812.